The second kappa shape index (κ2) is 5.72. The van der Waals surface area contributed by atoms with E-state index in [0.717, 1.165) is 11.1 Å². The predicted molar refractivity (Wildman–Crippen MR) is 84.3 cm³/mol. The van der Waals surface area contributed by atoms with Gasteiger partial charge in [0.2, 0.25) is 0 Å². The van der Waals surface area contributed by atoms with E-state index in [2.05, 4.69) is 18.2 Å². The Bertz CT molecular complexity index is 730. The van der Waals surface area contributed by atoms with Crippen LogP contribution in [-0.4, -0.2) is 10.7 Å². The van der Waals surface area contributed by atoms with Gasteiger partial charge in [-0.25, -0.2) is 0 Å². The number of hydrogen-bond acceptors (Lipinski definition) is 3. The van der Waals surface area contributed by atoms with Crippen molar-refractivity contribution in [3.63, 3.8) is 0 Å². The lowest BCUT2D eigenvalue weighted by Gasteiger charge is -2.08. The molecule has 1 fully saturated rings. The molecule has 0 heterocycles. The monoisotopic (exact) mass is 295 g/mol. The Morgan fingerprint density at radius 3 is 2.45 bits per heavy atom. The molecular formula is C18H17NO3. The van der Waals surface area contributed by atoms with Crippen LogP contribution in [0.1, 0.15) is 45.8 Å². The van der Waals surface area contributed by atoms with Crippen molar-refractivity contribution in [3.8, 4) is 0 Å². The summed E-state index contributed by atoms with van der Waals surface area (Å²) in [6, 6.07) is 12.2. The van der Waals surface area contributed by atoms with E-state index in [0.29, 0.717) is 17.9 Å². The first-order valence-corrected chi connectivity index (χ1v) is 7.41. The highest BCUT2D eigenvalue weighted by atomic mass is 16.6. The fourth-order valence-corrected chi connectivity index (χ4v) is 2.60. The summed E-state index contributed by atoms with van der Waals surface area (Å²) in [7, 11) is 0. The van der Waals surface area contributed by atoms with E-state index in [1.54, 1.807) is 0 Å². The molecule has 0 bridgehead atoms. The predicted octanol–water partition coefficient (Wildman–Crippen LogP) is 4.21. The van der Waals surface area contributed by atoms with Crippen LogP contribution in [0.5, 0.6) is 0 Å². The molecule has 4 nitrogen and oxygen atoms in total. The van der Waals surface area contributed by atoms with Crippen LogP contribution in [0.3, 0.4) is 0 Å². The van der Waals surface area contributed by atoms with Gasteiger partial charge in [-0.1, -0.05) is 18.2 Å². The summed E-state index contributed by atoms with van der Waals surface area (Å²) in [5, 5.41) is 10.6. The Balaban J connectivity index is 1.78. The first-order chi connectivity index (χ1) is 10.5. The zero-order valence-electron chi connectivity index (χ0n) is 12.4. The van der Waals surface area contributed by atoms with Crippen LogP contribution in [0.25, 0.3) is 0 Å². The quantitative estimate of drug-likeness (QED) is 0.471. The lowest BCUT2D eigenvalue weighted by molar-refractivity contribution is -0.384. The average molecular weight is 295 g/mol. The van der Waals surface area contributed by atoms with Crippen molar-refractivity contribution < 1.29 is 9.72 Å². The van der Waals surface area contributed by atoms with Gasteiger partial charge in [0.15, 0.2) is 5.78 Å². The SMILES string of the molecule is Cc1ccc(C2CC2)cc1CC(=O)c1ccc([N+](=O)[O-])cc1. The molecule has 112 valence electrons. The summed E-state index contributed by atoms with van der Waals surface area (Å²) in [6.45, 7) is 2.01. The number of hydrogen-bond donors (Lipinski definition) is 0. The summed E-state index contributed by atoms with van der Waals surface area (Å²) in [5.41, 5.74) is 4.00. The van der Waals surface area contributed by atoms with E-state index in [9.17, 15) is 14.9 Å². The Kier molecular flexibility index (Phi) is 3.75. The molecule has 0 aromatic heterocycles. The van der Waals surface area contributed by atoms with E-state index in [1.165, 1.54) is 42.7 Å². The maximum Gasteiger partial charge on any atom is 0.269 e. The number of ketones is 1. The summed E-state index contributed by atoms with van der Waals surface area (Å²) in [4.78, 5) is 22.6. The second-order valence-electron chi connectivity index (χ2n) is 5.86. The number of Topliss-reactive ketones (excluding diaryl/α,β-unsaturated/α-hetero) is 1. The van der Waals surface area contributed by atoms with Crippen LogP contribution in [0.2, 0.25) is 0 Å². The molecule has 0 aliphatic heterocycles. The molecular weight excluding hydrogens is 278 g/mol. The first-order valence-electron chi connectivity index (χ1n) is 7.41. The maximum absolute atomic E-state index is 12.4. The van der Waals surface area contributed by atoms with Crippen LogP contribution in [-0.2, 0) is 6.42 Å². The van der Waals surface area contributed by atoms with Gasteiger partial charge in [-0.2, -0.15) is 0 Å². The zero-order chi connectivity index (χ0) is 15.7. The summed E-state index contributed by atoms with van der Waals surface area (Å²) in [6.07, 6.45) is 2.81. The molecule has 0 radical (unpaired) electrons. The number of nitrogens with zero attached hydrogens (tertiary/aromatic N) is 1. The van der Waals surface area contributed by atoms with Crippen LogP contribution in [0.15, 0.2) is 42.5 Å². The number of non-ortho nitro benzene ring substituents is 1. The number of carbonyl (C=O) groups is 1. The lowest BCUT2D eigenvalue weighted by Crippen LogP contribution is -2.05. The van der Waals surface area contributed by atoms with Crippen LogP contribution >= 0.6 is 0 Å². The van der Waals surface area contributed by atoms with Crippen molar-refractivity contribution in [1.29, 1.82) is 0 Å². The minimum absolute atomic E-state index is 0.00320. The van der Waals surface area contributed by atoms with Gasteiger partial charge in [0.1, 0.15) is 0 Å². The molecule has 0 atom stereocenters. The summed E-state index contributed by atoms with van der Waals surface area (Å²) >= 11 is 0. The fourth-order valence-electron chi connectivity index (χ4n) is 2.60. The molecule has 22 heavy (non-hydrogen) atoms. The first kappa shape index (κ1) is 14.4. The van der Waals surface area contributed by atoms with Gasteiger partial charge < -0.3 is 0 Å². The van der Waals surface area contributed by atoms with Crippen LogP contribution < -0.4 is 0 Å². The van der Waals surface area contributed by atoms with E-state index in [4.69, 9.17) is 0 Å². The molecule has 1 aliphatic carbocycles. The number of aryl methyl sites for hydroxylation is 1. The molecule has 0 amide bonds. The van der Waals surface area contributed by atoms with Gasteiger partial charge in [0.05, 0.1) is 4.92 Å². The fraction of sp³-hybridized carbons (Fsp3) is 0.278. The summed E-state index contributed by atoms with van der Waals surface area (Å²) in [5.74, 6) is 0.653. The van der Waals surface area contributed by atoms with Gasteiger partial charge in [0, 0.05) is 24.1 Å². The molecule has 2 aromatic carbocycles. The Hall–Kier alpha value is -2.49. The molecule has 0 unspecified atom stereocenters. The van der Waals surface area contributed by atoms with Gasteiger partial charge in [0.25, 0.3) is 5.69 Å². The van der Waals surface area contributed by atoms with E-state index in [1.807, 2.05) is 6.92 Å². The van der Waals surface area contributed by atoms with Gasteiger partial charge in [-0.05, 0) is 54.5 Å². The Morgan fingerprint density at radius 1 is 1.18 bits per heavy atom. The van der Waals surface area contributed by atoms with E-state index >= 15 is 0 Å². The standard InChI is InChI=1S/C18H17NO3/c1-12-2-3-15(13-4-5-13)10-16(12)11-18(20)14-6-8-17(9-7-14)19(21)22/h2-3,6-10,13H,4-5,11H2,1H3. The topological polar surface area (TPSA) is 60.2 Å². The molecule has 1 saturated carbocycles. The van der Waals surface area contributed by atoms with Crippen LogP contribution in [0.4, 0.5) is 5.69 Å². The van der Waals surface area contributed by atoms with Crippen molar-refractivity contribution in [1.82, 2.24) is 0 Å². The lowest BCUT2D eigenvalue weighted by atomic mass is 9.96. The summed E-state index contributed by atoms with van der Waals surface area (Å²) < 4.78 is 0. The third kappa shape index (κ3) is 3.06. The molecule has 4 heteroatoms. The average Bonchev–Trinajstić information content (AvgIpc) is 3.34. The van der Waals surface area contributed by atoms with Crippen molar-refractivity contribution in [2.24, 2.45) is 0 Å². The highest BCUT2D eigenvalue weighted by Crippen LogP contribution is 2.40. The van der Waals surface area contributed by atoms with Gasteiger partial charge >= 0.3 is 0 Å². The second-order valence-corrected chi connectivity index (χ2v) is 5.86. The molecule has 0 N–H and O–H groups in total. The molecule has 0 spiro atoms. The Labute approximate surface area is 128 Å². The van der Waals surface area contributed by atoms with Crippen molar-refractivity contribution >= 4 is 11.5 Å². The number of benzene rings is 2. The molecule has 2 aromatic rings. The highest BCUT2D eigenvalue weighted by molar-refractivity contribution is 5.97. The molecule has 1 aliphatic rings. The number of nitro benzene ring substituents is 1. The molecule has 3 rings (SSSR count). The van der Waals surface area contributed by atoms with E-state index in [-0.39, 0.29) is 11.5 Å². The highest BCUT2D eigenvalue weighted by Gasteiger charge is 2.24. The van der Waals surface area contributed by atoms with Crippen LogP contribution in [0, 0.1) is 17.0 Å². The zero-order valence-corrected chi connectivity index (χ0v) is 12.4. The number of nitro groups is 1. The van der Waals surface area contributed by atoms with Gasteiger partial charge in [-0.3, -0.25) is 14.9 Å². The Morgan fingerprint density at radius 2 is 1.86 bits per heavy atom. The molecule has 0 saturated heterocycles. The van der Waals surface area contributed by atoms with Crippen molar-refractivity contribution in [2.45, 2.75) is 32.1 Å². The van der Waals surface area contributed by atoms with Crippen molar-refractivity contribution in [2.75, 3.05) is 0 Å². The number of carbonyl (C=O) groups excluding carboxylic acids is 1. The van der Waals surface area contributed by atoms with E-state index < -0.39 is 4.92 Å². The minimum Gasteiger partial charge on any atom is -0.294 e. The van der Waals surface area contributed by atoms with Crippen molar-refractivity contribution in [3.05, 3.63) is 74.8 Å². The minimum atomic E-state index is -0.461. The normalized spacial score (nSPS) is 13.9. The third-order valence-electron chi connectivity index (χ3n) is 4.17. The van der Waals surface area contributed by atoms with Gasteiger partial charge in [-0.15, -0.1) is 0 Å². The largest absolute Gasteiger partial charge is 0.294 e. The maximum atomic E-state index is 12.4. The third-order valence-corrected chi connectivity index (χ3v) is 4.17. The number of rotatable bonds is 5. The smallest absolute Gasteiger partial charge is 0.269 e.